The van der Waals surface area contributed by atoms with E-state index in [0.29, 0.717) is 11.3 Å². The highest BCUT2D eigenvalue weighted by atomic mass is 16.1. The molecule has 14 heavy (non-hydrogen) atoms. The van der Waals surface area contributed by atoms with Crippen LogP contribution in [0.4, 0.5) is 0 Å². The zero-order valence-electron chi connectivity index (χ0n) is 8.21. The molecule has 0 spiro atoms. The molecule has 0 saturated carbocycles. The van der Waals surface area contributed by atoms with Crippen LogP contribution in [0.5, 0.6) is 0 Å². The Morgan fingerprint density at radius 3 is 2.64 bits per heavy atom. The minimum atomic E-state index is -0.145. The van der Waals surface area contributed by atoms with Crippen LogP contribution in [-0.2, 0) is 0 Å². The van der Waals surface area contributed by atoms with Crippen LogP contribution in [0.1, 0.15) is 15.9 Å². The third kappa shape index (κ3) is 2.33. The van der Waals surface area contributed by atoms with Crippen molar-refractivity contribution in [1.29, 1.82) is 0 Å². The van der Waals surface area contributed by atoms with Gasteiger partial charge in [0.15, 0.2) is 0 Å². The van der Waals surface area contributed by atoms with Gasteiger partial charge in [-0.2, -0.15) is 0 Å². The SMILES string of the molecule is C=CC(=C)NC(=O)c1ccccc1C. The van der Waals surface area contributed by atoms with Crippen molar-refractivity contribution in [3.63, 3.8) is 0 Å². The topological polar surface area (TPSA) is 29.1 Å². The largest absolute Gasteiger partial charge is 0.323 e. The number of rotatable bonds is 3. The molecule has 0 fully saturated rings. The molecule has 0 bridgehead atoms. The fraction of sp³-hybridized carbons (Fsp3) is 0.0833. The molecular formula is C12H13NO. The lowest BCUT2D eigenvalue weighted by molar-refractivity contribution is 0.0967. The van der Waals surface area contributed by atoms with E-state index in [4.69, 9.17) is 0 Å². The molecule has 1 aromatic carbocycles. The maximum atomic E-state index is 11.6. The van der Waals surface area contributed by atoms with Crippen molar-refractivity contribution in [3.05, 3.63) is 60.3 Å². The number of benzene rings is 1. The van der Waals surface area contributed by atoms with Gasteiger partial charge < -0.3 is 5.32 Å². The molecule has 0 saturated heterocycles. The second-order valence-corrected chi connectivity index (χ2v) is 3.00. The summed E-state index contributed by atoms with van der Waals surface area (Å²) in [7, 11) is 0. The first-order valence-electron chi connectivity index (χ1n) is 4.33. The van der Waals surface area contributed by atoms with Gasteiger partial charge in [-0.3, -0.25) is 4.79 Å². The van der Waals surface area contributed by atoms with E-state index in [2.05, 4.69) is 18.5 Å². The van der Waals surface area contributed by atoms with Gasteiger partial charge in [-0.15, -0.1) is 0 Å². The van der Waals surface area contributed by atoms with E-state index in [-0.39, 0.29) is 5.91 Å². The number of allylic oxidation sites excluding steroid dienone is 1. The third-order valence-corrected chi connectivity index (χ3v) is 1.91. The van der Waals surface area contributed by atoms with Crippen molar-refractivity contribution in [2.24, 2.45) is 0 Å². The Morgan fingerprint density at radius 2 is 2.07 bits per heavy atom. The first-order valence-corrected chi connectivity index (χ1v) is 4.33. The molecule has 0 aromatic heterocycles. The van der Waals surface area contributed by atoms with Crippen LogP contribution in [0.15, 0.2) is 49.2 Å². The summed E-state index contributed by atoms with van der Waals surface area (Å²) in [5, 5.41) is 2.64. The lowest BCUT2D eigenvalue weighted by atomic mass is 10.1. The normalized spacial score (nSPS) is 9.21. The van der Waals surface area contributed by atoms with E-state index in [1.54, 1.807) is 6.07 Å². The van der Waals surface area contributed by atoms with Gasteiger partial charge in [-0.25, -0.2) is 0 Å². The molecule has 1 amide bonds. The molecule has 0 aliphatic rings. The van der Waals surface area contributed by atoms with Gasteiger partial charge in [0.2, 0.25) is 0 Å². The van der Waals surface area contributed by atoms with Gasteiger partial charge in [-0.05, 0) is 24.6 Å². The molecule has 1 aromatic rings. The average Bonchev–Trinajstić information content (AvgIpc) is 2.18. The first kappa shape index (κ1) is 10.3. The van der Waals surface area contributed by atoms with Crippen LogP contribution in [0.2, 0.25) is 0 Å². The fourth-order valence-electron chi connectivity index (χ4n) is 1.09. The fourth-order valence-corrected chi connectivity index (χ4v) is 1.09. The predicted molar refractivity (Wildman–Crippen MR) is 58.0 cm³/mol. The monoisotopic (exact) mass is 187 g/mol. The van der Waals surface area contributed by atoms with Crippen molar-refractivity contribution in [3.8, 4) is 0 Å². The van der Waals surface area contributed by atoms with Crippen molar-refractivity contribution < 1.29 is 4.79 Å². The number of carbonyl (C=O) groups excluding carboxylic acids is 1. The molecule has 1 rings (SSSR count). The molecular weight excluding hydrogens is 174 g/mol. The number of amides is 1. The molecule has 0 atom stereocenters. The van der Waals surface area contributed by atoms with Crippen LogP contribution in [-0.4, -0.2) is 5.91 Å². The summed E-state index contributed by atoms with van der Waals surface area (Å²) in [6.07, 6.45) is 1.51. The highest BCUT2D eigenvalue weighted by molar-refractivity contribution is 5.96. The highest BCUT2D eigenvalue weighted by Crippen LogP contribution is 2.06. The highest BCUT2D eigenvalue weighted by Gasteiger charge is 2.06. The number of hydrogen-bond donors (Lipinski definition) is 1. The predicted octanol–water partition coefficient (Wildman–Crippen LogP) is 2.42. The van der Waals surface area contributed by atoms with Crippen molar-refractivity contribution in [2.75, 3.05) is 0 Å². The lowest BCUT2D eigenvalue weighted by Gasteiger charge is -2.06. The zero-order chi connectivity index (χ0) is 10.6. The van der Waals surface area contributed by atoms with Crippen molar-refractivity contribution >= 4 is 5.91 Å². The summed E-state index contributed by atoms with van der Waals surface area (Å²) in [5.41, 5.74) is 2.12. The summed E-state index contributed by atoms with van der Waals surface area (Å²) in [6, 6.07) is 7.40. The van der Waals surface area contributed by atoms with Gasteiger partial charge in [-0.1, -0.05) is 31.4 Å². The summed E-state index contributed by atoms with van der Waals surface area (Å²) < 4.78 is 0. The summed E-state index contributed by atoms with van der Waals surface area (Å²) in [6.45, 7) is 9.03. The maximum Gasteiger partial charge on any atom is 0.255 e. The summed E-state index contributed by atoms with van der Waals surface area (Å²) in [4.78, 5) is 11.6. The second kappa shape index (κ2) is 4.42. The summed E-state index contributed by atoms with van der Waals surface area (Å²) >= 11 is 0. The average molecular weight is 187 g/mol. The lowest BCUT2D eigenvalue weighted by Crippen LogP contribution is -2.21. The number of carbonyl (C=O) groups is 1. The Hall–Kier alpha value is -1.83. The van der Waals surface area contributed by atoms with Gasteiger partial charge in [0.25, 0.3) is 5.91 Å². The van der Waals surface area contributed by atoms with E-state index in [1.165, 1.54) is 6.08 Å². The number of hydrogen-bond acceptors (Lipinski definition) is 1. The van der Waals surface area contributed by atoms with Crippen LogP contribution in [0, 0.1) is 6.92 Å². The zero-order valence-corrected chi connectivity index (χ0v) is 8.21. The van der Waals surface area contributed by atoms with Gasteiger partial charge >= 0.3 is 0 Å². The minimum Gasteiger partial charge on any atom is -0.323 e. The van der Waals surface area contributed by atoms with Crippen molar-refractivity contribution in [2.45, 2.75) is 6.92 Å². The van der Waals surface area contributed by atoms with Crippen LogP contribution < -0.4 is 5.32 Å². The molecule has 0 heterocycles. The Morgan fingerprint density at radius 1 is 1.43 bits per heavy atom. The van der Waals surface area contributed by atoms with Crippen molar-refractivity contribution in [1.82, 2.24) is 5.32 Å². The quantitative estimate of drug-likeness (QED) is 0.723. The Labute approximate surface area is 84.0 Å². The molecule has 0 unspecified atom stereocenters. The van der Waals surface area contributed by atoms with Crippen LogP contribution >= 0.6 is 0 Å². The number of aryl methyl sites for hydroxylation is 1. The van der Waals surface area contributed by atoms with E-state index < -0.39 is 0 Å². The number of nitrogens with one attached hydrogen (secondary N) is 1. The molecule has 2 heteroatoms. The van der Waals surface area contributed by atoms with E-state index >= 15 is 0 Å². The molecule has 0 aliphatic carbocycles. The summed E-state index contributed by atoms with van der Waals surface area (Å²) in [5.74, 6) is -0.145. The van der Waals surface area contributed by atoms with Crippen LogP contribution in [0.3, 0.4) is 0 Å². The van der Waals surface area contributed by atoms with Gasteiger partial charge in [0.05, 0.1) is 0 Å². The van der Waals surface area contributed by atoms with E-state index in [1.807, 2.05) is 25.1 Å². The van der Waals surface area contributed by atoms with Gasteiger partial charge in [0, 0.05) is 11.3 Å². The van der Waals surface area contributed by atoms with E-state index in [9.17, 15) is 4.79 Å². The van der Waals surface area contributed by atoms with E-state index in [0.717, 1.165) is 5.56 Å². The second-order valence-electron chi connectivity index (χ2n) is 3.00. The molecule has 1 N–H and O–H groups in total. The minimum absolute atomic E-state index is 0.145. The molecule has 0 radical (unpaired) electrons. The Bertz CT molecular complexity index is 380. The third-order valence-electron chi connectivity index (χ3n) is 1.91. The Kier molecular flexibility index (Phi) is 3.24. The van der Waals surface area contributed by atoms with Gasteiger partial charge in [0.1, 0.15) is 0 Å². The smallest absolute Gasteiger partial charge is 0.255 e. The maximum absolute atomic E-state index is 11.6. The van der Waals surface area contributed by atoms with Crippen LogP contribution in [0.25, 0.3) is 0 Å². The first-order chi connectivity index (χ1) is 6.65. The molecule has 72 valence electrons. The Balaban J connectivity index is 2.85. The molecule has 0 aliphatic heterocycles. The molecule has 2 nitrogen and oxygen atoms in total. The standard InChI is InChI=1S/C12H13NO/c1-4-10(3)13-12(14)11-8-6-5-7-9(11)2/h4-8H,1,3H2,2H3,(H,13,14).